The molecule has 1 aliphatic rings. The summed E-state index contributed by atoms with van der Waals surface area (Å²) in [4.78, 5) is 23.3. The molecule has 1 aromatic heterocycles. The second-order valence-corrected chi connectivity index (χ2v) is 6.67. The number of carbonyl (C=O) groups excluding carboxylic acids is 1. The van der Waals surface area contributed by atoms with Crippen LogP contribution in [0, 0.1) is 11.8 Å². The number of methoxy groups -OCH3 is 1. The maximum absolute atomic E-state index is 12.0. The van der Waals surface area contributed by atoms with Crippen LogP contribution in [0.4, 0.5) is 0 Å². The number of nitrogens with zero attached hydrogens (tertiary/aromatic N) is 3. The highest BCUT2D eigenvalue weighted by Crippen LogP contribution is 2.24. The molecule has 2 heterocycles. The molecule has 146 valence electrons. The van der Waals surface area contributed by atoms with E-state index < -0.39 is 0 Å². The summed E-state index contributed by atoms with van der Waals surface area (Å²) >= 11 is 0. The number of pyridine rings is 1. The number of likely N-dealkylation sites (tertiary alicyclic amines) is 1. The fourth-order valence-corrected chi connectivity index (χ4v) is 3.48. The Morgan fingerprint density at radius 2 is 2.11 bits per heavy atom. The number of guanidine groups is 1. The molecule has 1 aliphatic heterocycles. The summed E-state index contributed by atoms with van der Waals surface area (Å²) < 4.78 is 4.94. The van der Waals surface area contributed by atoms with Crippen LogP contribution >= 0.6 is 24.0 Å². The molecule has 0 aliphatic carbocycles. The summed E-state index contributed by atoms with van der Waals surface area (Å²) in [5.41, 5.74) is 2.12. The second kappa shape index (κ2) is 9.87. The van der Waals surface area contributed by atoms with Gasteiger partial charge in [-0.2, -0.15) is 0 Å². The smallest absolute Gasteiger partial charge is 0.310 e. The molecule has 1 aromatic carbocycles. The third-order valence-electron chi connectivity index (χ3n) is 4.89. The molecule has 2 aromatic rings. The van der Waals surface area contributed by atoms with Gasteiger partial charge < -0.3 is 15.0 Å². The van der Waals surface area contributed by atoms with Crippen LogP contribution in [0.2, 0.25) is 0 Å². The van der Waals surface area contributed by atoms with Crippen molar-refractivity contribution in [2.75, 3.05) is 26.7 Å². The van der Waals surface area contributed by atoms with Crippen molar-refractivity contribution in [1.29, 1.82) is 0 Å². The van der Waals surface area contributed by atoms with Gasteiger partial charge in [0.1, 0.15) is 0 Å². The Bertz CT molecular complexity index is 806. The summed E-state index contributed by atoms with van der Waals surface area (Å²) in [5.74, 6) is 0.835. The van der Waals surface area contributed by atoms with Gasteiger partial charge in [0.2, 0.25) is 0 Å². The average Bonchev–Trinajstić information content (AvgIpc) is 3.06. The number of carbonyl (C=O) groups is 1. The van der Waals surface area contributed by atoms with Crippen molar-refractivity contribution in [3.05, 3.63) is 42.1 Å². The first-order valence-electron chi connectivity index (χ1n) is 9.07. The molecule has 1 fully saturated rings. The maximum Gasteiger partial charge on any atom is 0.310 e. The maximum atomic E-state index is 12.0. The number of halogens is 1. The van der Waals surface area contributed by atoms with Crippen LogP contribution in [0.1, 0.15) is 19.4 Å². The summed E-state index contributed by atoms with van der Waals surface area (Å²) in [6.07, 6.45) is 1.82. The van der Waals surface area contributed by atoms with Crippen molar-refractivity contribution in [2.24, 2.45) is 16.8 Å². The lowest BCUT2D eigenvalue weighted by Crippen LogP contribution is -2.40. The normalized spacial score (nSPS) is 19.7. The van der Waals surface area contributed by atoms with Gasteiger partial charge in [0.25, 0.3) is 0 Å². The number of benzene rings is 1. The number of ether oxygens (including phenoxy) is 1. The average molecular weight is 482 g/mol. The third-order valence-corrected chi connectivity index (χ3v) is 4.89. The number of aliphatic imine (C=N–C) groups is 1. The molecule has 0 spiro atoms. The molecule has 6 nitrogen and oxygen atoms in total. The van der Waals surface area contributed by atoms with Crippen LogP contribution in [-0.2, 0) is 16.1 Å². The number of esters is 1. The molecule has 7 heteroatoms. The summed E-state index contributed by atoms with van der Waals surface area (Å²) in [5, 5.41) is 4.47. The number of aromatic nitrogens is 1. The zero-order valence-electron chi connectivity index (χ0n) is 16.0. The van der Waals surface area contributed by atoms with E-state index in [-0.39, 0.29) is 41.8 Å². The molecule has 0 amide bonds. The molecular weight excluding hydrogens is 455 g/mol. The van der Waals surface area contributed by atoms with Crippen LogP contribution in [0.3, 0.4) is 0 Å². The first-order valence-corrected chi connectivity index (χ1v) is 9.07. The SMILES string of the molecule is CCNC(=NCc1ccnc2ccccc12)N1CC(C)C(C(=O)OC)C1.I. The van der Waals surface area contributed by atoms with Crippen molar-refractivity contribution in [1.82, 2.24) is 15.2 Å². The van der Waals surface area contributed by atoms with Gasteiger partial charge in [-0.1, -0.05) is 25.1 Å². The quantitative estimate of drug-likeness (QED) is 0.314. The minimum absolute atomic E-state index is 0. The van der Waals surface area contributed by atoms with E-state index in [0.29, 0.717) is 13.1 Å². The lowest BCUT2D eigenvalue weighted by atomic mass is 9.99. The Hall–Kier alpha value is -1.90. The molecule has 0 bridgehead atoms. The van der Waals surface area contributed by atoms with E-state index in [1.807, 2.05) is 30.5 Å². The molecule has 0 radical (unpaired) electrons. The van der Waals surface area contributed by atoms with Crippen molar-refractivity contribution < 1.29 is 9.53 Å². The van der Waals surface area contributed by atoms with Crippen molar-refractivity contribution in [2.45, 2.75) is 20.4 Å². The Kier molecular flexibility index (Phi) is 7.82. The molecule has 2 atom stereocenters. The van der Waals surface area contributed by atoms with Gasteiger partial charge >= 0.3 is 5.97 Å². The van der Waals surface area contributed by atoms with E-state index in [9.17, 15) is 4.79 Å². The van der Waals surface area contributed by atoms with Crippen LogP contribution in [0.5, 0.6) is 0 Å². The molecule has 1 saturated heterocycles. The fraction of sp³-hybridized carbons (Fsp3) is 0.450. The Balaban J connectivity index is 0.00000261. The Morgan fingerprint density at radius 3 is 2.85 bits per heavy atom. The van der Waals surface area contributed by atoms with Gasteiger partial charge in [0.15, 0.2) is 5.96 Å². The van der Waals surface area contributed by atoms with Crippen molar-refractivity contribution >= 4 is 46.8 Å². The number of nitrogens with one attached hydrogen (secondary N) is 1. The number of fused-ring (bicyclic) bond motifs is 1. The van der Waals surface area contributed by atoms with Gasteiger partial charge in [0, 0.05) is 31.2 Å². The minimum Gasteiger partial charge on any atom is -0.469 e. The van der Waals surface area contributed by atoms with Gasteiger partial charge in [-0.3, -0.25) is 9.78 Å². The van der Waals surface area contributed by atoms with E-state index in [1.165, 1.54) is 7.11 Å². The molecule has 0 saturated carbocycles. The predicted molar refractivity (Wildman–Crippen MR) is 118 cm³/mol. The first kappa shape index (κ1) is 21.4. The van der Waals surface area contributed by atoms with Crippen LogP contribution in [0.25, 0.3) is 10.9 Å². The zero-order chi connectivity index (χ0) is 18.5. The molecule has 2 unspecified atom stereocenters. The van der Waals surface area contributed by atoms with Gasteiger partial charge in [0.05, 0.1) is 25.1 Å². The van der Waals surface area contributed by atoms with E-state index in [1.54, 1.807) is 0 Å². The third kappa shape index (κ3) is 4.88. The number of rotatable bonds is 4. The lowest BCUT2D eigenvalue weighted by Gasteiger charge is -2.21. The van der Waals surface area contributed by atoms with Crippen LogP contribution in [0.15, 0.2) is 41.5 Å². The highest BCUT2D eigenvalue weighted by atomic mass is 127. The van der Waals surface area contributed by atoms with E-state index in [2.05, 4.69) is 35.1 Å². The van der Waals surface area contributed by atoms with E-state index in [4.69, 9.17) is 9.73 Å². The zero-order valence-corrected chi connectivity index (χ0v) is 18.3. The van der Waals surface area contributed by atoms with Crippen LogP contribution < -0.4 is 5.32 Å². The largest absolute Gasteiger partial charge is 0.469 e. The predicted octanol–water partition coefficient (Wildman–Crippen LogP) is 3.06. The summed E-state index contributed by atoms with van der Waals surface area (Å²) in [7, 11) is 1.45. The van der Waals surface area contributed by atoms with Crippen molar-refractivity contribution in [3.63, 3.8) is 0 Å². The van der Waals surface area contributed by atoms with E-state index in [0.717, 1.165) is 35.5 Å². The monoisotopic (exact) mass is 482 g/mol. The molecular formula is C20H27IN4O2. The Labute approximate surface area is 177 Å². The van der Waals surface area contributed by atoms with Gasteiger partial charge in [-0.15, -0.1) is 24.0 Å². The number of hydrogen-bond donors (Lipinski definition) is 1. The molecule has 27 heavy (non-hydrogen) atoms. The topological polar surface area (TPSA) is 66.8 Å². The summed E-state index contributed by atoms with van der Waals surface area (Å²) in [6, 6.07) is 10.1. The fourth-order valence-electron chi connectivity index (χ4n) is 3.48. The Morgan fingerprint density at radius 1 is 1.33 bits per heavy atom. The highest BCUT2D eigenvalue weighted by Gasteiger charge is 2.36. The standard InChI is InChI=1S/C20H26N4O2.HI/c1-4-21-20(24-12-14(2)17(13-24)19(25)26-3)23-11-15-9-10-22-18-8-6-5-7-16(15)18;/h5-10,14,17H,4,11-13H2,1-3H3,(H,21,23);1H. The minimum atomic E-state index is -0.143. The highest BCUT2D eigenvalue weighted by molar-refractivity contribution is 14.0. The first-order chi connectivity index (χ1) is 12.6. The number of para-hydroxylation sites is 1. The van der Waals surface area contributed by atoms with Gasteiger partial charge in [-0.25, -0.2) is 4.99 Å². The van der Waals surface area contributed by atoms with Crippen molar-refractivity contribution in [3.8, 4) is 0 Å². The van der Waals surface area contributed by atoms with Gasteiger partial charge in [-0.05, 0) is 30.5 Å². The molecule has 1 N–H and O–H groups in total. The van der Waals surface area contributed by atoms with Crippen LogP contribution in [-0.4, -0.2) is 48.6 Å². The number of hydrogen-bond acceptors (Lipinski definition) is 4. The van der Waals surface area contributed by atoms with E-state index >= 15 is 0 Å². The lowest BCUT2D eigenvalue weighted by molar-refractivity contribution is -0.145. The second-order valence-electron chi connectivity index (χ2n) is 6.67. The summed E-state index contributed by atoms with van der Waals surface area (Å²) in [6.45, 7) is 6.92. The molecule has 3 rings (SSSR count).